The van der Waals surface area contributed by atoms with Gasteiger partial charge < -0.3 is 10.1 Å². The van der Waals surface area contributed by atoms with Crippen LogP contribution in [0.3, 0.4) is 0 Å². The predicted molar refractivity (Wildman–Crippen MR) is 91.3 cm³/mol. The van der Waals surface area contributed by atoms with Crippen LogP contribution in [-0.2, 0) is 6.18 Å². The van der Waals surface area contributed by atoms with Crippen LogP contribution < -0.4 is 10.1 Å². The van der Waals surface area contributed by atoms with Gasteiger partial charge in [-0.3, -0.25) is 0 Å². The van der Waals surface area contributed by atoms with Crippen molar-refractivity contribution in [3.05, 3.63) is 60.0 Å². The lowest BCUT2D eigenvalue weighted by molar-refractivity contribution is -0.141. The number of alkyl halides is 3. The Hall–Kier alpha value is -3.16. The maximum Gasteiger partial charge on any atom is 0.433 e. The fourth-order valence-electron chi connectivity index (χ4n) is 2.40. The summed E-state index contributed by atoms with van der Waals surface area (Å²) in [5, 5.41) is 2.82. The first kappa shape index (κ1) is 17.7. The maximum absolute atomic E-state index is 12.8. The molecule has 0 unspecified atom stereocenters. The first-order valence-electron chi connectivity index (χ1n) is 7.64. The van der Waals surface area contributed by atoms with E-state index in [9.17, 15) is 13.2 Å². The number of methoxy groups -OCH3 is 1. The van der Waals surface area contributed by atoms with E-state index in [1.807, 2.05) is 19.1 Å². The van der Waals surface area contributed by atoms with Gasteiger partial charge in [0, 0.05) is 29.7 Å². The highest BCUT2D eigenvalue weighted by atomic mass is 19.4. The first-order chi connectivity index (χ1) is 12.3. The van der Waals surface area contributed by atoms with Gasteiger partial charge in [-0.1, -0.05) is 6.07 Å². The van der Waals surface area contributed by atoms with E-state index in [0.29, 0.717) is 11.6 Å². The highest BCUT2D eigenvalue weighted by Crippen LogP contribution is 2.29. The quantitative estimate of drug-likeness (QED) is 0.736. The van der Waals surface area contributed by atoms with Crippen LogP contribution in [0.2, 0.25) is 0 Å². The Labute approximate surface area is 147 Å². The molecule has 2 heterocycles. The number of anilines is 2. The zero-order valence-electron chi connectivity index (χ0n) is 14.0. The molecule has 0 radical (unpaired) electrons. The summed E-state index contributed by atoms with van der Waals surface area (Å²) in [6.07, 6.45) is -1.79. The molecule has 2 aromatic heterocycles. The highest BCUT2D eigenvalue weighted by Gasteiger charge is 2.32. The molecule has 0 saturated heterocycles. The van der Waals surface area contributed by atoms with Crippen LogP contribution in [0.1, 0.15) is 11.3 Å². The minimum Gasteiger partial charge on any atom is -0.481 e. The normalized spacial score (nSPS) is 11.3. The summed E-state index contributed by atoms with van der Waals surface area (Å²) in [5.41, 5.74) is 2.21. The Morgan fingerprint density at radius 3 is 2.46 bits per heavy atom. The van der Waals surface area contributed by atoms with Crippen LogP contribution in [0.4, 0.5) is 24.8 Å². The lowest BCUT2D eigenvalue weighted by Crippen LogP contribution is -2.10. The number of benzene rings is 1. The van der Waals surface area contributed by atoms with Crippen molar-refractivity contribution in [1.82, 2.24) is 15.0 Å². The first-order valence-corrected chi connectivity index (χ1v) is 7.64. The zero-order valence-corrected chi connectivity index (χ0v) is 14.0. The molecule has 0 amide bonds. The van der Waals surface area contributed by atoms with Gasteiger partial charge in [-0.25, -0.2) is 15.0 Å². The Morgan fingerprint density at radius 2 is 1.81 bits per heavy atom. The smallest absolute Gasteiger partial charge is 0.433 e. The standard InChI is InChI=1S/C18H15F3N4O/c1-11-7-13(12-3-4-16(26-2)23-10-12)9-14(8-11)24-17-22-6-5-15(25-17)18(19,20)21/h3-10H,1-2H3,(H,22,24,25). The number of nitrogens with zero attached hydrogens (tertiary/aromatic N) is 3. The lowest BCUT2D eigenvalue weighted by Gasteiger charge is -2.11. The van der Waals surface area contributed by atoms with Crippen LogP contribution in [0.15, 0.2) is 48.8 Å². The topological polar surface area (TPSA) is 59.9 Å². The van der Waals surface area contributed by atoms with Gasteiger partial charge in [-0.05, 0) is 42.3 Å². The Bertz CT molecular complexity index is 911. The van der Waals surface area contributed by atoms with Crippen molar-refractivity contribution in [3.8, 4) is 17.0 Å². The van der Waals surface area contributed by atoms with Crippen LogP contribution in [0.5, 0.6) is 5.88 Å². The molecule has 0 atom stereocenters. The second kappa shape index (κ2) is 6.99. The number of hydrogen-bond acceptors (Lipinski definition) is 5. The molecule has 0 aliphatic heterocycles. The summed E-state index contributed by atoms with van der Waals surface area (Å²) in [5.74, 6) is 0.376. The molecule has 26 heavy (non-hydrogen) atoms. The van der Waals surface area contributed by atoms with E-state index < -0.39 is 11.9 Å². The lowest BCUT2D eigenvalue weighted by atomic mass is 10.0. The van der Waals surface area contributed by atoms with E-state index in [1.165, 1.54) is 7.11 Å². The molecule has 3 aromatic rings. The molecule has 5 nitrogen and oxygen atoms in total. The molecule has 0 fully saturated rings. The third-order valence-electron chi connectivity index (χ3n) is 3.56. The van der Waals surface area contributed by atoms with Crippen molar-refractivity contribution < 1.29 is 17.9 Å². The molecular formula is C18H15F3N4O. The van der Waals surface area contributed by atoms with Gasteiger partial charge in [0.25, 0.3) is 0 Å². The van der Waals surface area contributed by atoms with Gasteiger partial charge in [0.05, 0.1) is 7.11 Å². The van der Waals surface area contributed by atoms with Gasteiger partial charge >= 0.3 is 6.18 Å². The molecule has 0 aliphatic rings. The minimum absolute atomic E-state index is 0.121. The summed E-state index contributed by atoms with van der Waals surface area (Å²) in [6.45, 7) is 1.89. The summed E-state index contributed by atoms with van der Waals surface area (Å²) >= 11 is 0. The Kier molecular flexibility index (Phi) is 4.75. The molecular weight excluding hydrogens is 345 g/mol. The van der Waals surface area contributed by atoms with E-state index in [0.717, 1.165) is 29.0 Å². The number of aryl methyl sites for hydroxylation is 1. The van der Waals surface area contributed by atoms with E-state index in [1.54, 1.807) is 24.4 Å². The van der Waals surface area contributed by atoms with Crippen molar-refractivity contribution in [1.29, 1.82) is 0 Å². The monoisotopic (exact) mass is 360 g/mol. The molecule has 0 aliphatic carbocycles. The van der Waals surface area contributed by atoms with E-state index in [4.69, 9.17) is 4.74 Å². The number of hydrogen-bond donors (Lipinski definition) is 1. The maximum atomic E-state index is 12.8. The summed E-state index contributed by atoms with van der Waals surface area (Å²) in [6, 6.07) is 9.95. The summed E-state index contributed by atoms with van der Waals surface area (Å²) < 4.78 is 43.4. The van der Waals surface area contributed by atoms with Gasteiger partial charge in [-0.2, -0.15) is 13.2 Å². The van der Waals surface area contributed by atoms with Crippen molar-refractivity contribution in [2.75, 3.05) is 12.4 Å². The van der Waals surface area contributed by atoms with Crippen molar-refractivity contribution in [3.63, 3.8) is 0 Å². The van der Waals surface area contributed by atoms with Crippen molar-refractivity contribution >= 4 is 11.6 Å². The molecule has 3 rings (SSSR count). The number of halogens is 3. The van der Waals surface area contributed by atoms with Crippen LogP contribution >= 0.6 is 0 Å². The molecule has 134 valence electrons. The second-order valence-corrected chi connectivity index (χ2v) is 5.57. The Balaban J connectivity index is 1.90. The molecule has 1 aromatic carbocycles. The number of aromatic nitrogens is 3. The fraction of sp³-hybridized carbons (Fsp3) is 0.167. The van der Waals surface area contributed by atoms with Crippen LogP contribution in [0, 0.1) is 6.92 Å². The van der Waals surface area contributed by atoms with Crippen LogP contribution in [-0.4, -0.2) is 22.1 Å². The van der Waals surface area contributed by atoms with E-state index in [-0.39, 0.29) is 5.95 Å². The zero-order chi connectivity index (χ0) is 18.7. The average molecular weight is 360 g/mol. The predicted octanol–water partition coefficient (Wildman–Crippen LogP) is 4.62. The van der Waals surface area contributed by atoms with E-state index in [2.05, 4.69) is 20.3 Å². The second-order valence-electron chi connectivity index (χ2n) is 5.57. The van der Waals surface area contributed by atoms with Gasteiger partial charge in [-0.15, -0.1) is 0 Å². The third kappa shape index (κ3) is 4.08. The number of rotatable bonds is 4. The molecule has 0 bridgehead atoms. The molecule has 8 heteroatoms. The van der Waals surface area contributed by atoms with Crippen LogP contribution in [0.25, 0.3) is 11.1 Å². The van der Waals surface area contributed by atoms with Gasteiger partial charge in [0.2, 0.25) is 11.8 Å². The Morgan fingerprint density at radius 1 is 1.00 bits per heavy atom. The number of pyridine rings is 1. The number of nitrogens with one attached hydrogen (secondary N) is 1. The largest absolute Gasteiger partial charge is 0.481 e. The van der Waals surface area contributed by atoms with Gasteiger partial charge in [0.15, 0.2) is 0 Å². The third-order valence-corrected chi connectivity index (χ3v) is 3.56. The van der Waals surface area contributed by atoms with E-state index >= 15 is 0 Å². The van der Waals surface area contributed by atoms with Gasteiger partial charge in [0.1, 0.15) is 5.69 Å². The molecule has 1 N–H and O–H groups in total. The molecule has 0 spiro atoms. The number of ether oxygens (including phenoxy) is 1. The highest BCUT2D eigenvalue weighted by molar-refractivity contribution is 5.70. The minimum atomic E-state index is -4.52. The average Bonchev–Trinajstić information content (AvgIpc) is 2.61. The molecule has 0 saturated carbocycles. The van der Waals surface area contributed by atoms with Crippen molar-refractivity contribution in [2.45, 2.75) is 13.1 Å². The summed E-state index contributed by atoms with van der Waals surface area (Å²) in [7, 11) is 1.53. The fourth-order valence-corrected chi connectivity index (χ4v) is 2.40. The van der Waals surface area contributed by atoms with Crippen molar-refractivity contribution in [2.24, 2.45) is 0 Å². The summed E-state index contributed by atoms with van der Waals surface area (Å²) in [4.78, 5) is 11.5. The SMILES string of the molecule is COc1ccc(-c2cc(C)cc(Nc3nccc(C(F)(F)F)n3)c2)cn1.